The molecule has 0 saturated carbocycles. The van der Waals surface area contributed by atoms with E-state index in [1.54, 1.807) is 6.92 Å². The Bertz CT molecular complexity index is 1150. The van der Waals surface area contributed by atoms with Crippen molar-refractivity contribution in [1.29, 1.82) is 0 Å². The van der Waals surface area contributed by atoms with Crippen LogP contribution in [0.25, 0.3) is 11.3 Å². The summed E-state index contributed by atoms with van der Waals surface area (Å²) in [6, 6.07) is 14.2. The number of halogens is 2. The van der Waals surface area contributed by atoms with Crippen LogP contribution in [0, 0.1) is 12.7 Å². The molecule has 8 heteroatoms. The van der Waals surface area contributed by atoms with Gasteiger partial charge in [0, 0.05) is 25.6 Å². The first-order valence-electron chi connectivity index (χ1n) is 11.5. The van der Waals surface area contributed by atoms with Gasteiger partial charge in [-0.15, -0.1) is 0 Å². The fourth-order valence-electron chi connectivity index (χ4n) is 4.36. The zero-order chi connectivity index (χ0) is 24.1. The lowest BCUT2D eigenvalue weighted by atomic mass is 10.0. The molecule has 178 valence electrons. The third-order valence-corrected chi connectivity index (χ3v) is 6.41. The molecule has 1 aliphatic rings. The number of benzene rings is 2. The number of carbonyl (C=O) groups is 2. The van der Waals surface area contributed by atoms with Crippen molar-refractivity contribution in [3.8, 4) is 11.3 Å². The van der Waals surface area contributed by atoms with E-state index in [1.165, 1.54) is 23.8 Å². The van der Waals surface area contributed by atoms with Crippen molar-refractivity contribution in [3.05, 3.63) is 76.3 Å². The number of carbonyl (C=O) groups excluding carboxylic acids is 2. The molecular formula is C26H27ClFN3O3. The standard InChI is InChI=1S/C26H27ClFN3O3/c1-17-23(25(30-34-17)24-20(27)12-6-13-21(24)28)26(33)29-19-11-7-15-31(16-19)22(32)14-5-10-18-8-3-2-4-9-18/h2-4,6,8-9,12-13,19H,5,7,10-11,14-16H2,1H3,(H,29,33). The fraction of sp³-hybridized carbons (Fsp3) is 0.346. The number of nitrogens with zero attached hydrogens (tertiary/aromatic N) is 2. The molecule has 6 nitrogen and oxygen atoms in total. The maximum atomic E-state index is 14.5. The van der Waals surface area contributed by atoms with Crippen molar-refractivity contribution in [1.82, 2.24) is 15.4 Å². The summed E-state index contributed by atoms with van der Waals surface area (Å²) in [5.41, 5.74) is 1.47. The summed E-state index contributed by atoms with van der Waals surface area (Å²) < 4.78 is 19.7. The Kier molecular flexibility index (Phi) is 7.63. The Balaban J connectivity index is 1.38. The van der Waals surface area contributed by atoms with E-state index >= 15 is 0 Å². The Morgan fingerprint density at radius 1 is 1.21 bits per heavy atom. The first kappa shape index (κ1) is 24.0. The number of aryl methyl sites for hydroxylation is 2. The van der Waals surface area contributed by atoms with Crippen LogP contribution in [0.5, 0.6) is 0 Å². The minimum atomic E-state index is -0.584. The number of rotatable bonds is 7. The predicted molar refractivity (Wildman–Crippen MR) is 128 cm³/mol. The monoisotopic (exact) mass is 483 g/mol. The average molecular weight is 484 g/mol. The van der Waals surface area contributed by atoms with Gasteiger partial charge in [0.05, 0.1) is 10.6 Å². The van der Waals surface area contributed by atoms with Gasteiger partial charge < -0.3 is 14.7 Å². The van der Waals surface area contributed by atoms with Crippen LogP contribution in [0.1, 0.15) is 47.4 Å². The van der Waals surface area contributed by atoms with Gasteiger partial charge in [0.15, 0.2) is 0 Å². The number of likely N-dealkylation sites (tertiary alicyclic amines) is 1. The third-order valence-electron chi connectivity index (χ3n) is 6.10. The van der Waals surface area contributed by atoms with E-state index in [0.717, 1.165) is 25.7 Å². The number of nitrogens with one attached hydrogen (secondary N) is 1. The zero-order valence-corrected chi connectivity index (χ0v) is 19.8. The molecule has 0 bridgehead atoms. The molecule has 1 unspecified atom stereocenters. The van der Waals surface area contributed by atoms with Gasteiger partial charge in [0.1, 0.15) is 22.8 Å². The Hall–Kier alpha value is -3.19. The van der Waals surface area contributed by atoms with E-state index in [0.29, 0.717) is 19.5 Å². The van der Waals surface area contributed by atoms with Crippen molar-refractivity contribution < 1.29 is 18.5 Å². The topological polar surface area (TPSA) is 75.4 Å². The van der Waals surface area contributed by atoms with Crippen LogP contribution in [-0.4, -0.2) is 41.0 Å². The second-order valence-corrected chi connectivity index (χ2v) is 8.96. The molecular weight excluding hydrogens is 457 g/mol. The quantitative estimate of drug-likeness (QED) is 0.502. The highest BCUT2D eigenvalue weighted by molar-refractivity contribution is 6.33. The Morgan fingerprint density at radius 3 is 2.76 bits per heavy atom. The lowest BCUT2D eigenvalue weighted by molar-refractivity contribution is -0.132. The molecule has 0 aliphatic carbocycles. The summed E-state index contributed by atoms with van der Waals surface area (Å²) in [5, 5.41) is 7.02. The lowest BCUT2D eigenvalue weighted by Gasteiger charge is -2.33. The van der Waals surface area contributed by atoms with E-state index in [-0.39, 0.29) is 39.6 Å². The molecule has 1 atom stereocenters. The molecule has 1 fully saturated rings. The van der Waals surface area contributed by atoms with Gasteiger partial charge in [-0.3, -0.25) is 9.59 Å². The SMILES string of the molecule is Cc1onc(-c2c(F)cccc2Cl)c1C(=O)NC1CCCN(C(=O)CCCc2ccccc2)C1. The molecule has 3 aromatic rings. The van der Waals surface area contributed by atoms with E-state index in [9.17, 15) is 14.0 Å². The number of hydrogen-bond acceptors (Lipinski definition) is 4. The normalized spacial score (nSPS) is 15.9. The maximum absolute atomic E-state index is 14.5. The van der Waals surface area contributed by atoms with Gasteiger partial charge in [-0.1, -0.05) is 53.2 Å². The van der Waals surface area contributed by atoms with Crippen LogP contribution >= 0.6 is 11.6 Å². The highest BCUT2D eigenvalue weighted by atomic mass is 35.5. The van der Waals surface area contributed by atoms with E-state index in [4.69, 9.17) is 16.1 Å². The Morgan fingerprint density at radius 2 is 2.00 bits per heavy atom. The summed E-state index contributed by atoms with van der Waals surface area (Å²) >= 11 is 6.18. The van der Waals surface area contributed by atoms with Gasteiger partial charge in [-0.2, -0.15) is 0 Å². The predicted octanol–water partition coefficient (Wildman–Crippen LogP) is 5.19. The Labute approximate surface area is 203 Å². The summed E-state index contributed by atoms with van der Waals surface area (Å²) in [6.45, 7) is 2.72. The second-order valence-electron chi connectivity index (χ2n) is 8.55. The fourth-order valence-corrected chi connectivity index (χ4v) is 4.61. The van der Waals surface area contributed by atoms with E-state index in [2.05, 4.69) is 22.6 Å². The molecule has 2 amide bonds. The van der Waals surface area contributed by atoms with Crippen LogP contribution in [0.2, 0.25) is 5.02 Å². The van der Waals surface area contributed by atoms with E-state index in [1.807, 2.05) is 23.1 Å². The van der Waals surface area contributed by atoms with Crippen LogP contribution in [-0.2, 0) is 11.2 Å². The summed E-state index contributed by atoms with van der Waals surface area (Å²) in [7, 11) is 0. The summed E-state index contributed by atoms with van der Waals surface area (Å²) in [6.07, 6.45) is 3.65. The number of hydrogen-bond donors (Lipinski definition) is 1. The van der Waals surface area contributed by atoms with Crippen molar-refractivity contribution in [2.45, 2.75) is 45.1 Å². The molecule has 1 aromatic heterocycles. The third kappa shape index (κ3) is 5.47. The molecule has 1 aliphatic heterocycles. The zero-order valence-electron chi connectivity index (χ0n) is 19.0. The number of aromatic nitrogens is 1. The first-order valence-corrected chi connectivity index (χ1v) is 11.8. The molecule has 34 heavy (non-hydrogen) atoms. The molecule has 0 radical (unpaired) electrons. The van der Waals surface area contributed by atoms with Crippen LogP contribution in [0.3, 0.4) is 0 Å². The number of piperidine rings is 1. The summed E-state index contributed by atoms with van der Waals surface area (Å²) in [4.78, 5) is 27.7. The smallest absolute Gasteiger partial charge is 0.257 e. The highest BCUT2D eigenvalue weighted by Crippen LogP contribution is 2.33. The molecule has 0 spiro atoms. The minimum Gasteiger partial charge on any atom is -0.360 e. The molecule has 1 N–H and O–H groups in total. The van der Waals surface area contributed by atoms with Crippen LogP contribution in [0.15, 0.2) is 53.1 Å². The maximum Gasteiger partial charge on any atom is 0.257 e. The lowest BCUT2D eigenvalue weighted by Crippen LogP contribution is -2.49. The van der Waals surface area contributed by atoms with Crippen molar-refractivity contribution in [2.75, 3.05) is 13.1 Å². The largest absolute Gasteiger partial charge is 0.360 e. The summed E-state index contributed by atoms with van der Waals surface area (Å²) in [5.74, 6) is -0.637. The van der Waals surface area contributed by atoms with Gasteiger partial charge in [-0.05, 0) is 50.3 Å². The minimum absolute atomic E-state index is 0.0324. The van der Waals surface area contributed by atoms with Crippen molar-refractivity contribution >= 4 is 23.4 Å². The highest BCUT2D eigenvalue weighted by Gasteiger charge is 2.29. The second kappa shape index (κ2) is 10.8. The van der Waals surface area contributed by atoms with Gasteiger partial charge in [0.2, 0.25) is 5.91 Å². The molecule has 2 aromatic carbocycles. The first-order chi connectivity index (χ1) is 16.4. The van der Waals surface area contributed by atoms with Gasteiger partial charge in [-0.25, -0.2) is 4.39 Å². The molecule has 1 saturated heterocycles. The molecule has 4 rings (SSSR count). The van der Waals surface area contributed by atoms with Crippen LogP contribution in [0.4, 0.5) is 4.39 Å². The van der Waals surface area contributed by atoms with Gasteiger partial charge >= 0.3 is 0 Å². The van der Waals surface area contributed by atoms with Crippen molar-refractivity contribution in [3.63, 3.8) is 0 Å². The van der Waals surface area contributed by atoms with Crippen LogP contribution < -0.4 is 5.32 Å². The number of amides is 2. The van der Waals surface area contributed by atoms with Gasteiger partial charge in [0.25, 0.3) is 5.91 Å². The average Bonchev–Trinajstić information content (AvgIpc) is 3.20. The van der Waals surface area contributed by atoms with Crippen molar-refractivity contribution in [2.24, 2.45) is 0 Å². The molecule has 2 heterocycles. The van der Waals surface area contributed by atoms with E-state index < -0.39 is 11.7 Å².